The molecule has 0 bridgehead atoms. The molecule has 2 aromatic rings. The molecule has 1 atom stereocenters. The summed E-state index contributed by atoms with van der Waals surface area (Å²) in [6, 6.07) is 13.5. The summed E-state index contributed by atoms with van der Waals surface area (Å²) in [4.78, 5) is 12.2. The van der Waals surface area contributed by atoms with Gasteiger partial charge in [0.1, 0.15) is 0 Å². The van der Waals surface area contributed by atoms with E-state index in [1.54, 1.807) is 0 Å². The summed E-state index contributed by atoms with van der Waals surface area (Å²) in [5, 5.41) is 5.07. The molecule has 2 aromatic carbocycles. The van der Waals surface area contributed by atoms with Gasteiger partial charge in [0.25, 0.3) is 0 Å². The van der Waals surface area contributed by atoms with Crippen molar-refractivity contribution in [3.8, 4) is 0 Å². The second-order valence-electron chi connectivity index (χ2n) is 7.69. The molecule has 2 rings (SSSR count). The van der Waals surface area contributed by atoms with E-state index in [9.17, 15) is 13.2 Å². The third-order valence-corrected chi connectivity index (χ3v) is 6.51. The van der Waals surface area contributed by atoms with E-state index in [2.05, 4.69) is 19.2 Å². The average molecular weight is 419 g/mol. The summed E-state index contributed by atoms with van der Waals surface area (Å²) in [6.07, 6.45) is 6.56. The van der Waals surface area contributed by atoms with Crippen molar-refractivity contribution in [3.63, 3.8) is 0 Å². The van der Waals surface area contributed by atoms with Crippen molar-refractivity contribution in [1.29, 1.82) is 0 Å². The highest BCUT2D eigenvalue weighted by Crippen LogP contribution is 2.24. The molecule has 0 saturated carbocycles. The van der Waals surface area contributed by atoms with Gasteiger partial charge < -0.3 is 5.32 Å². The topological polar surface area (TPSA) is 66.5 Å². The zero-order chi connectivity index (χ0) is 21.3. The van der Waals surface area contributed by atoms with E-state index in [-0.39, 0.29) is 12.5 Å². The number of amides is 1. The Morgan fingerprint density at radius 2 is 1.79 bits per heavy atom. The van der Waals surface area contributed by atoms with Crippen LogP contribution >= 0.6 is 0 Å². The van der Waals surface area contributed by atoms with E-state index in [0.717, 1.165) is 23.6 Å². The molecule has 160 valence electrons. The Labute approximate surface area is 175 Å². The van der Waals surface area contributed by atoms with Crippen LogP contribution in [-0.2, 0) is 14.8 Å². The molecule has 1 amide bonds. The predicted octanol–water partition coefficient (Wildman–Crippen LogP) is 4.72. The highest BCUT2D eigenvalue weighted by atomic mass is 32.2. The van der Waals surface area contributed by atoms with Gasteiger partial charge in [0.05, 0.1) is 11.9 Å². The van der Waals surface area contributed by atoms with Crippen LogP contribution in [0.15, 0.2) is 42.5 Å². The van der Waals surface area contributed by atoms with Gasteiger partial charge in [0.2, 0.25) is 15.9 Å². The van der Waals surface area contributed by atoms with Gasteiger partial charge in [-0.05, 0) is 41.7 Å². The maximum atomic E-state index is 12.3. The van der Waals surface area contributed by atoms with Gasteiger partial charge in [-0.15, -0.1) is 0 Å². The number of fused-ring (bicyclic) bond motifs is 1. The Kier molecular flexibility index (Phi) is 8.96. The molecule has 0 spiro atoms. The highest BCUT2D eigenvalue weighted by molar-refractivity contribution is 7.92. The van der Waals surface area contributed by atoms with Crippen LogP contribution in [0.5, 0.6) is 0 Å². The molecule has 1 N–H and O–H groups in total. The van der Waals surface area contributed by atoms with Gasteiger partial charge in [-0.3, -0.25) is 9.10 Å². The minimum atomic E-state index is -3.42. The quantitative estimate of drug-likeness (QED) is 0.542. The van der Waals surface area contributed by atoms with E-state index < -0.39 is 10.0 Å². The maximum absolute atomic E-state index is 12.3. The third-order valence-electron chi connectivity index (χ3n) is 5.32. The van der Waals surface area contributed by atoms with Crippen molar-refractivity contribution in [1.82, 2.24) is 5.32 Å². The molecular weight excluding hydrogens is 384 g/mol. The SMILES string of the molecule is CCCCC(CC)CNC(=O)CCCN(c1ccc2ccccc2c1)S(C)(=O)=O. The number of sulfonamides is 1. The van der Waals surface area contributed by atoms with Crippen LogP contribution in [0.2, 0.25) is 0 Å². The normalized spacial score (nSPS) is 12.7. The average Bonchev–Trinajstić information content (AvgIpc) is 2.70. The standard InChI is InChI=1S/C23H34N2O3S/c1-4-6-10-19(5-2)18-24-23(26)13-9-16-25(29(3,27)28)22-15-14-20-11-7-8-12-21(20)17-22/h7-8,11-12,14-15,17,19H,4-6,9-10,13,16,18H2,1-3H3,(H,24,26). The molecule has 0 radical (unpaired) electrons. The highest BCUT2D eigenvalue weighted by Gasteiger charge is 2.18. The van der Waals surface area contributed by atoms with Crippen molar-refractivity contribution in [2.75, 3.05) is 23.7 Å². The van der Waals surface area contributed by atoms with Gasteiger partial charge >= 0.3 is 0 Å². The molecule has 0 aliphatic rings. The lowest BCUT2D eigenvalue weighted by Crippen LogP contribution is -2.33. The molecular formula is C23H34N2O3S. The molecule has 1 unspecified atom stereocenters. The monoisotopic (exact) mass is 418 g/mol. The van der Waals surface area contributed by atoms with Gasteiger partial charge in [0, 0.05) is 19.5 Å². The fourth-order valence-electron chi connectivity index (χ4n) is 3.49. The van der Waals surface area contributed by atoms with Crippen LogP contribution in [-0.4, -0.2) is 33.7 Å². The molecule has 6 heteroatoms. The number of carbonyl (C=O) groups is 1. The Bertz CT molecular complexity index is 896. The van der Waals surface area contributed by atoms with Crippen LogP contribution in [0.3, 0.4) is 0 Å². The van der Waals surface area contributed by atoms with Gasteiger partial charge in [-0.1, -0.05) is 63.4 Å². The first-order chi connectivity index (χ1) is 13.8. The molecule has 0 aliphatic carbocycles. The fourth-order valence-corrected chi connectivity index (χ4v) is 4.45. The summed E-state index contributed by atoms with van der Waals surface area (Å²) in [5.41, 5.74) is 0.636. The lowest BCUT2D eigenvalue weighted by Gasteiger charge is -2.23. The van der Waals surface area contributed by atoms with Gasteiger partial charge in [-0.2, -0.15) is 0 Å². The number of nitrogens with zero attached hydrogens (tertiary/aromatic N) is 1. The second-order valence-corrected chi connectivity index (χ2v) is 9.60. The van der Waals surface area contributed by atoms with E-state index >= 15 is 0 Å². The van der Waals surface area contributed by atoms with E-state index in [0.29, 0.717) is 31.0 Å². The number of anilines is 1. The fraction of sp³-hybridized carbons (Fsp3) is 0.522. The number of nitrogens with one attached hydrogen (secondary N) is 1. The number of benzene rings is 2. The first-order valence-corrected chi connectivity index (χ1v) is 12.4. The minimum absolute atomic E-state index is 0.00749. The zero-order valence-corrected chi connectivity index (χ0v) is 18.7. The summed E-state index contributed by atoms with van der Waals surface area (Å²) >= 11 is 0. The van der Waals surface area contributed by atoms with Crippen LogP contribution in [0.4, 0.5) is 5.69 Å². The summed E-state index contributed by atoms with van der Waals surface area (Å²) in [5.74, 6) is 0.510. The first kappa shape index (κ1) is 23.2. The van der Waals surface area contributed by atoms with Crippen molar-refractivity contribution < 1.29 is 13.2 Å². The van der Waals surface area contributed by atoms with Crippen LogP contribution in [0.1, 0.15) is 52.4 Å². The van der Waals surface area contributed by atoms with Gasteiger partial charge in [0.15, 0.2) is 0 Å². The maximum Gasteiger partial charge on any atom is 0.232 e. The Balaban J connectivity index is 1.93. The number of carbonyl (C=O) groups excluding carboxylic acids is 1. The zero-order valence-electron chi connectivity index (χ0n) is 17.9. The van der Waals surface area contributed by atoms with E-state index in [1.807, 2.05) is 42.5 Å². The molecule has 0 heterocycles. The predicted molar refractivity (Wildman–Crippen MR) is 122 cm³/mol. The Hall–Kier alpha value is -2.08. The second kappa shape index (κ2) is 11.2. The van der Waals surface area contributed by atoms with Crippen molar-refractivity contribution >= 4 is 32.4 Å². The summed E-state index contributed by atoms with van der Waals surface area (Å²) < 4.78 is 26.0. The summed E-state index contributed by atoms with van der Waals surface area (Å²) in [7, 11) is -3.42. The molecule has 5 nitrogen and oxygen atoms in total. The minimum Gasteiger partial charge on any atom is -0.356 e. The van der Waals surface area contributed by atoms with Crippen LogP contribution < -0.4 is 9.62 Å². The van der Waals surface area contributed by atoms with Crippen molar-refractivity contribution in [2.45, 2.75) is 52.4 Å². The van der Waals surface area contributed by atoms with E-state index in [1.165, 1.54) is 23.4 Å². The third kappa shape index (κ3) is 7.35. The largest absolute Gasteiger partial charge is 0.356 e. The smallest absolute Gasteiger partial charge is 0.232 e. The first-order valence-electron chi connectivity index (χ1n) is 10.6. The molecule has 29 heavy (non-hydrogen) atoms. The lowest BCUT2D eigenvalue weighted by molar-refractivity contribution is -0.121. The number of hydrogen-bond donors (Lipinski definition) is 1. The lowest BCUT2D eigenvalue weighted by atomic mass is 9.99. The molecule has 0 aromatic heterocycles. The number of hydrogen-bond acceptors (Lipinski definition) is 3. The Morgan fingerprint density at radius 1 is 1.07 bits per heavy atom. The Morgan fingerprint density at radius 3 is 2.45 bits per heavy atom. The van der Waals surface area contributed by atoms with Crippen molar-refractivity contribution in [3.05, 3.63) is 42.5 Å². The van der Waals surface area contributed by atoms with Crippen LogP contribution in [0.25, 0.3) is 10.8 Å². The number of rotatable bonds is 12. The van der Waals surface area contributed by atoms with Gasteiger partial charge in [-0.25, -0.2) is 8.42 Å². The number of unbranched alkanes of at least 4 members (excludes halogenated alkanes) is 1. The van der Waals surface area contributed by atoms with Crippen molar-refractivity contribution in [2.24, 2.45) is 5.92 Å². The summed E-state index contributed by atoms with van der Waals surface area (Å²) in [6.45, 7) is 5.32. The molecule has 0 fully saturated rings. The van der Waals surface area contributed by atoms with E-state index in [4.69, 9.17) is 0 Å². The molecule has 0 aliphatic heterocycles. The van der Waals surface area contributed by atoms with Crippen LogP contribution in [0, 0.1) is 5.92 Å². The molecule has 0 saturated heterocycles.